The van der Waals surface area contributed by atoms with Gasteiger partial charge in [-0.15, -0.1) is 0 Å². The van der Waals surface area contributed by atoms with Crippen molar-refractivity contribution in [3.63, 3.8) is 0 Å². The van der Waals surface area contributed by atoms with E-state index in [0.717, 1.165) is 16.7 Å². The third kappa shape index (κ3) is 12.2. The number of amides is 1. The number of hydrogen-bond donors (Lipinski definition) is 2. The molecule has 0 aliphatic carbocycles. The van der Waals surface area contributed by atoms with Gasteiger partial charge in [0.25, 0.3) is 5.91 Å². The van der Waals surface area contributed by atoms with Crippen molar-refractivity contribution in [2.24, 2.45) is 0 Å². The maximum absolute atomic E-state index is 13.4. The number of carboxylic acid groups (broad SMARTS) is 1. The molecule has 1 amide bonds. The Balaban J connectivity index is 0.00000101. The lowest BCUT2D eigenvalue weighted by molar-refractivity contribution is -0.162. The van der Waals surface area contributed by atoms with Gasteiger partial charge in [-0.05, 0) is 72.7 Å². The number of anilines is 1. The molecule has 0 unspecified atom stereocenters. The standard InChI is InChI=1S/C45H45N5O11.C6H15N/c1-55-24-25-58-40-39(61-37(53)23-22-36(51)52)35(60-44(40)50-28-48-38-41(46-27-47-42(38)50)49-43(54)29-10-6-4-7-11-29)26-59-45(30-12-8-5-9-13-30,31-14-18-33(56-2)19-15-31)32-16-20-34(57-3)21-17-32;1-4-7(5-2)6-3/h4-21,27-28,35,39-40,44H,22-26H2,1-3H3,(H,51,52)(H,46,47,49,54);4-6H2,1-3H3/t35-,39-,40-,44-;/m1./s1. The molecular weight excluding hydrogens is 873 g/mol. The molecule has 17 heteroatoms. The second-order valence-electron chi connectivity index (χ2n) is 15.5. The van der Waals surface area contributed by atoms with Gasteiger partial charge in [0.05, 0.1) is 53.2 Å². The minimum atomic E-state index is -1.27. The van der Waals surface area contributed by atoms with E-state index in [1.54, 1.807) is 43.1 Å². The highest BCUT2D eigenvalue weighted by Crippen LogP contribution is 2.44. The normalized spacial score (nSPS) is 16.8. The number of rotatable bonds is 22. The summed E-state index contributed by atoms with van der Waals surface area (Å²) < 4.78 is 44.4. The number of nitrogens with zero attached hydrogens (tertiary/aromatic N) is 5. The molecule has 68 heavy (non-hydrogen) atoms. The van der Waals surface area contributed by atoms with Gasteiger partial charge in [-0.25, -0.2) is 15.0 Å². The van der Waals surface area contributed by atoms with Gasteiger partial charge in [-0.3, -0.25) is 19.0 Å². The van der Waals surface area contributed by atoms with Gasteiger partial charge in [-0.2, -0.15) is 0 Å². The summed E-state index contributed by atoms with van der Waals surface area (Å²) in [4.78, 5) is 53.8. The number of aromatic nitrogens is 4. The van der Waals surface area contributed by atoms with Crippen molar-refractivity contribution in [2.45, 2.75) is 63.8 Å². The summed E-state index contributed by atoms with van der Waals surface area (Å²) >= 11 is 0. The molecule has 0 saturated carbocycles. The second-order valence-corrected chi connectivity index (χ2v) is 15.5. The Morgan fingerprint density at radius 3 is 1.87 bits per heavy atom. The molecule has 0 radical (unpaired) electrons. The molecule has 1 aliphatic heterocycles. The van der Waals surface area contributed by atoms with Gasteiger partial charge in [0, 0.05) is 12.7 Å². The van der Waals surface area contributed by atoms with Crippen LogP contribution in [0.3, 0.4) is 0 Å². The summed E-state index contributed by atoms with van der Waals surface area (Å²) in [6, 6.07) is 33.4. The SMILES string of the molecule is CCN(CC)CC.COCCO[C@@H]1[C@H](OC(=O)CCC(=O)O)[C@@H](COC(c2ccccc2)(c2ccc(OC)cc2)c2ccc(OC)cc2)O[C@H]1n1cnc2c(NC(=O)c3ccccc3)ncnc21. The molecule has 360 valence electrons. The zero-order valence-electron chi connectivity index (χ0n) is 39.3. The fourth-order valence-corrected chi connectivity index (χ4v) is 7.92. The minimum absolute atomic E-state index is 0.0728. The smallest absolute Gasteiger partial charge is 0.306 e. The summed E-state index contributed by atoms with van der Waals surface area (Å²) in [6.45, 7) is 10.2. The molecular formula is C51H60N6O11. The van der Waals surface area contributed by atoms with Crippen molar-refractivity contribution in [1.29, 1.82) is 0 Å². The summed E-state index contributed by atoms with van der Waals surface area (Å²) in [7, 11) is 4.71. The first-order valence-corrected chi connectivity index (χ1v) is 22.5. The van der Waals surface area contributed by atoms with Crippen LogP contribution in [0, 0.1) is 0 Å². The zero-order valence-corrected chi connectivity index (χ0v) is 39.3. The Hall–Kier alpha value is -6.76. The van der Waals surface area contributed by atoms with Crippen molar-refractivity contribution in [1.82, 2.24) is 24.4 Å². The Kier molecular flexibility index (Phi) is 18.5. The Morgan fingerprint density at radius 1 is 0.735 bits per heavy atom. The molecule has 1 fully saturated rings. The van der Waals surface area contributed by atoms with Gasteiger partial charge >= 0.3 is 11.9 Å². The molecule has 1 aliphatic rings. The maximum atomic E-state index is 13.4. The number of fused-ring (bicyclic) bond motifs is 1. The third-order valence-corrected chi connectivity index (χ3v) is 11.6. The predicted octanol–water partition coefficient (Wildman–Crippen LogP) is 7.16. The van der Waals surface area contributed by atoms with Crippen LogP contribution in [-0.4, -0.2) is 126 Å². The van der Waals surface area contributed by atoms with Crippen LogP contribution in [0.2, 0.25) is 0 Å². The quantitative estimate of drug-likeness (QED) is 0.0395. The van der Waals surface area contributed by atoms with Crippen LogP contribution < -0.4 is 14.8 Å². The molecule has 3 heterocycles. The van der Waals surface area contributed by atoms with Crippen molar-refractivity contribution in [3.05, 3.63) is 144 Å². The molecule has 2 aromatic heterocycles. The number of aliphatic carboxylic acids is 1. The first kappa shape index (κ1) is 50.6. The Labute approximate surface area is 396 Å². The van der Waals surface area contributed by atoms with Gasteiger partial charge in [0.2, 0.25) is 0 Å². The average Bonchev–Trinajstić information content (AvgIpc) is 3.96. The number of ether oxygens (including phenoxy) is 7. The topological polar surface area (TPSA) is 195 Å². The first-order chi connectivity index (χ1) is 33.1. The summed E-state index contributed by atoms with van der Waals surface area (Å²) in [5, 5.41) is 12.2. The van der Waals surface area contributed by atoms with E-state index in [0.29, 0.717) is 17.1 Å². The van der Waals surface area contributed by atoms with Crippen LogP contribution in [0.5, 0.6) is 11.5 Å². The Morgan fingerprint density at radius 2 is 1.32 bits per heavy atom. The molecule has 6 aromatic rings. The van der Waals surface area contributed by atoms with E-state index >= 15 is 0 Å². The molecule has 0 spiro atoms. The van der Waals surface area contributed by atoms with E-state index in [-0.39, 0.29) is 36.8 Å². The summed E-state index contributed by atoms with van der Waals surface area (Å²) in [5.41, 5.74) is 2.00. The molecule has 17 nitrogen and oxygen atoms in total. The number of hydrogen-bond acceptors (Lipinski definition) is 14. The van der Waals surface area contributed by atoms with E-state index < -0.39 is 60.8 Å². The molecule has 7 rings (SSSR count). The maximum Gasteiger partial charge on any atom is 0.306 e. The van der Waals surface area contributed by atoms with Crippen molar-refractivity contribution in [3.8, 4) is 11.5 Å². The van der Waals surface area contributed by atoms with E-state index in [1.165, 1.54) is 39.4 Å². The average molecular weight is 933 g/mol. The summed E-state index contributed by atoms with van der Waals surface area (Å²) in [5.74, 6) is -0.872. The number of nitrogens with one attached hydrogen (secondary N) is 1. The monoisotopic (exact) mass is 932 g/mol. The number of carbonyl (C=O) groups excluding carboxylic acids is 2. The largest absolute Gasteiger partial charge is 0.497 e. The van der Waals surface area contributed by atoms with E-state index in [2.05, 4.69) is 45.9 Å². The second kappa shape index (κ2) is 24.8. The minimum Gasteiger partial charge on any atom is -0.497 e. The number of benzene rings is 4. The lowest BCUT2D eigenvalue weighted by Crippen LogP contribution is -2.43. The Bertz CT molecular complexity index is 2450. The van der Waals surface area contributed by atoms with Crippen LogP contribution in [0.4, 0.5) is 5.82 Å². The highest BCUT2D eigenvalue weighted by molar-refractivity contribution is 6.06. The number of imidazole rings is 1. The first-order valence-electron chi connectivity index (χ1n) is 22.5. The fourth-order valence-electron chi connectivity index (χ4n) is 7.92. The van der Waals surface area contributed by atoms with Gasteiger partial charge in [-0.1, -0.05) is 93.6 Å². The van der Waals surface area contributed by atoms with Crippen molar-refractivity contribution in [2.75, 3.05) is 66.1 Å². The van der Waals surface area contributed by atoms with Crippen LogP contribution in [0.15, 0.2) is 122 Å². The lowest BCUT2D eigenvalue weighted by Gasteiger charge is -2.37. The number of methoxy groups -OCH3 is 3. The third-order valence-electron chi connectivity index (χ3n) is 11.6. The number of carbonyl (C=O) groups is 3. The van der Waals surface area contributed by atoms with Crippen LogP contribution in [0.1, 0.15) is 66.9 Å². The molecule has 0 bridgehead atoms. The zero-order chi connectivity index (χ0) is 48.5. The van der Waals surface area contributed by atoms with Crippen LogP contribution in [-0.2, 0) is 38.9 Å². The van der Waals surface area contributed by atoms with Crippen molar-refractivity contribution < 1.29 is 52.6 Å². The van der Waals surface area contributed by atoms with Crippen LogP contribution >= 0.6 is 0 Å². The van der Waals surface area contributed by atoms with Crippen molar-refractivity contribution >= 4 is 34.8 Å². The lowest BCUT2D eigenvalue weighted by atomic mass is 9.80. The van der Waals surface area contributed by atoms with E-state index in [1.807, 2.05) is 84.9 Å². The molecule has 4 atom stereocenters. The van der Waals surface area contributed by atoms with E-state index in [9.17, 15) is 19.5 Å². The highest BCUT2D eigenvalue weighted by Gasteiger charge is 2.51. The molecule has 4 aromatic carbocycles. The highest BCUT2D eigenvalue weighted by atomic mass is 16.6. The number of carboxylic acids is 1. The number of esters is 1. The molecule has 1 saturated heterocycles. The molecule has 2 N–H and O–H groups in total. The summed E-state index contributed by atoms with van der Waals surface area (Å²) in [6.07, 6.45) is -2.27. The van der Waals surface area contributed by atoms with Gasteiger partial charge in [0.15, 0.2) is 29.3 Å². The predicted molar refractivity (Wildman–Crippen MR) is 254 cm³/mol. The van der Waals surface area contributed by atoms with Crippen LogP contribution in [0.25, 0.3) is 11.2 Å². The van der Waals surface area contributed by atoms with Gasteiger partial charge < -0.3 is 48.5 Å². The fraction of sp³-hybridized carbons (Fsp3) is 0.373. The van der Waals surface area contributed by atoms with E-state index in [4.69, 9.17) is 33.2 Å². The van der Waals surface area contributed by atoms with Gasteiger partial charge in [0.1, 0.15) is 35.6 Å².